The van der Waals surface area contributed by atoms with Crippen molar-refractivity contribution < 1.29 is 55.3 Å². The van der Waals surface area contributed by atoms with Crippen molar-refractivity contribution in [1.29, 1.82) is 0 Å². The van der Waals surface area contributed by atoms with Gasteiger partial charge in [-0.2, -0.15) is 26.3 Å². The van der Waals surface area contributed by atoms with E-state index in [0.717, 1.165) is 35.3 Å². The molecule has 53 heavy (non-hydrogen) atoms. The lowest BCUT2D eigenvalue weighted by atomic mass is 9.79. The van der Waals surface area contributed by atoms with Crippen LogP contribution in [0.3, 0.4) is 0 Å². The number of hydrogen-bond acceptors (Lipinski definition) is 7. The predicted molar refractivity (Wildman–Crippen MR) is 183 cm³/mol. The summed E-state index contributed by atoms with van der Waals surface area (Å²) < 4.78 is 95.3. The topological polar surface area (TPSA) is 109 Å². The third-order valence-electron chi connectivity index (χ3n) is 9.83. The molecule has 0 aliphatic carbocycles. The first kappa shape index (κ1) is 39.9. The summed E-state index contributed by atoms with van der Waals surface area (Å²) in [5.74, 6) is -2.45. The van der Waals surface area contributed by atoms with E-state index >= 15 is 0 Å². The van der Waals surface area contributed by atoms with Crippen molar-refractivity contribution in [3.8, 4) is 11.5 Å². The first-order valence-electron chi connectivity index (χ1n) is 17.3. The Kier molecular flexibility index (Phi) is 11.7. The van der Waals surface area contributed by atoms with Gasteiger partial charge in [0.2, 0.25) is 5.60 Å². The van der Waals surface area contributed by atoms with Crippen molar-refractivity contribution in [2.24, 2.45) is 5.41 Å². The number of benzene rings is 1. The molecule has 2 saturated heterocycles. The van der Waals surface area contributed by atoms with Gasteiger partial charge >= 0.3 is 18.3 Å². The third kappa shape index (κ3) is 8.57. The molecular weight excluding hydrogens is 728 g/mol. The number of likely N-dealkylation sites (tertiary alicyclic amines) is 2. The molecule has 9 nitrogen and oxygen atoms in total. The van der Waals surface area contributed by atoms with Gasteiger partial charge in [0.15, 0.2) is 0 Å². The van der Waals surface area contributed by atoms with Crippen molar-refractivity contribution in [2.75, 3.05) is 26.2 Å². The Balaban J connectivity index is 1.47. The summed E-state index contributed by atoms with van der Waals surface area (Å²) in [4.78, 5) is 46.0. The Morgan fingerprint density at radius 3 is 2.32 bits per heavy atom. The standard InChI is InChI=1S/C37H41F6N3O6S/c1-4-9-28-35(52-24-20-29(53-21-24)37(41,42)43,15-8-17-46(28)31(47)30-26(36(38,39)40)11-7-16-44-30)32(48)45-18-13-23(14-19-45)25-10-5-6-12-27(25)51-22-34(2,3)33(49)50/h5-7,10-12,16,20-21,23,28H,4,8-9,13-15,17-19,22H2,1-3H3,(H,49,50). The molecule has 0 saturated carbocycles. The van der Waals surface area contributed by atoms with Gasteiger partial charge in [-0.1, -0.05) is 31.5 Å². The van der Waals surface area contributed by atoms with Crippen LogP contribution in [0.15, 0.2) is 54.0 Å². The van der Waals surface area contributed by atoms with E-state index in [9.17, 15) is 45.8 Å². The maximum absolute atomic E-state index is 14.9. The predicted octanol–water partition coefficient (Wildman–Crippen LogP) is 8.30. The van der Waals surface area contributed by atoms with Crippen LogP contribution in [0.4, 0.5) is 26.3 Å². The first-order valence-corrected chi connectivity index (χ1v) is 18.2. The highest BCUT2D eigenvalue weighted by Gasteiger charge is 2.56. The van der Waals surface area contributed by atoms with Gasteiger partial charge in [-0.25, -0.2) is 0 Å². The number of nitrogens with zero attached hydrogens (tertiary/aromatic N) is 3. The van der Waals surface area contributed by atoms with E-state index in [1.165, 1.54) is 4.90 Å². The average Bonchev–Trinajstić information content (AvgIpc) is 3.60. The van der Waals surface area contributed by atoms with Gasteiger partial charge in [-0.3, -0.25) is 19.4 Å². The molecule has 2 aliphatic heterocycles. The summed E-state index contributed by atoms with van der Waals surface area (Å²) in [6.45, 7) is 5.17. The number of para-hydroxylation sites is 1. The number of aromatic nitrogens is 1. The Labute approximate surface area is 306 Å². The number of carbonyl (C=O) groups excluding carboxylic acids is 2. The number of halogens is 6. The minimum atomic E-state index is -4.90. The second kappa shape index (κ2) is 15.6. The van der Waals surface area contributed by atoms with Crippen molar-refractivity contribution in [1.82, 2.24) is 14.8 Å². The minimum absolute atomic E-state index is 0.00177. The van der Waals surface area contributed by atoms with Crippen LogP contribution in [0, 0.1) is 5.41 Å². The summed E-state index contributed by atoms with van der Waals surface area (Å²) in [6, 6.07) is 8.69. The SMILES string of the molecule is CCCC1N(C(=O)c2ncccc2C(F)(F)F)CCCC1(Oc1csc(C(F)(F)F)c1)C(=O)N1CCC(c2ccccc2OCC(C)(C)C(=O)O)CC1. The molecule has 0 bridgehead atoms. The number of pyridine rings is 1. The normalized spacial score (nSPS) is 20.3. The van der Waals surface area contributed by atoms with Crippen molar-refractivity contribution in [2.45, 2.75) is 89.2 Å². The molecule has 1 N–H and O–H groups in total. The molecule has 2 amide bonds. The van der Waals surface area contributed by atoms with Crippen LogP contribution in [-0.4, -0.2) is 75.6 Å². The summed E-state index contributed by atoms with van der Waals surface area (Å²) in [5, 5.41) is 10.7. The van der Waals surface area contributed by atoms with E-state index < -0.39 is 63.3 Å². The maximum Gasteiger partial charge on any atom is 0.425 e. The number of thiophene rings is 1. The fourth-order valence-corrected chi connectivity index (χ4v) is 7.68. The number of ether oxygens (including phenoxy) is 2. The maximum atomic E-state index is 14.9. The zero-order valence-electron chi connectivity index (χ0n) is 29.4. The number of hydrogen-bond donors (Lipinski definition) is 1. The first-order chi connectivity index (χ1) is 24.9. The summed E-state index contributed by atoms with van der Waals surface area (Å²) >= 11 is 0.386. The van der Waals surface area contributed by atoms with E-state index in [4.69, 9.17) is 9.47 Å². The molecule has 4 heterocycles. The van der Waals surface area contributed by atoms with E-state index in [0.29, 0.717) is 36.3 Å². The zero-order chi connectivity index (χ0) is 38.8. The molecule has 1 aromatic carbocycles. The molecule has 2 aromatic heterocycles. The molecular formula is C37H41F6N3O6S. The van der Waals surface area contributed by atoms with Gasteiger partial charge in [0, 0.05) is 43.7 Å². The number of carboxylic acids is 1. The van der Waals surface area contributed by atoms with Gasteiger partial charge < -0.3 is 24.4 Å². The number of carbonyl (C=O) groups is 3. The fraction of sp³-hybridized carbons (Fsp3) is 0.514. The van der Waals surface area contributed by atoms with Gasteiger partial charge in [-0.15, -0.1) is 11.3 Å². The molecule has 0 radical (unpaired) electrons. The van der Waals surface area contributed by atoms with Crippen LogP contribution in [0.2, 0.25) is 0 Å². The molecule has 2 aliphatic rings. The lowest BCUT2D eigenvalue weighted by Crippen LogP contribution is -2.68. The second-order valence-corrected chi connectivity index (χ2v) is 14.9. The van der Waals surface area contributed by atoms with Crippen LogP contribution in [0.5, 0.6) is 11.5 Å². The molecule has 2 atom stereocenters. The number of rotatable bonds is 11. The van der Waals surface area contributed by atoms with Gasteiger partial charge in [0.05, 0.1) is 17.0 Å². The fourth-order valence-electron chi connectivity index (χ4n) is 7.01. The van der Waals surface area contributed by atoms with Crippen LogP contribution in [-0.2, 0) is 21.9 Å². The van der Waals surface area contributed by atoms with E-state index in [2.05, 4.69) is 4.98 Å². The average molecular weight is 770 g/mol. The van der Waals surface area contributed by atoms with E-state index in [1.807, 2.05) is 12.1 Å². The van der Waals surface area contributed by atoms with E-state index in [-0.39, 0.29) is 57.2 Å². The number of aliphatic carboxylic acids is 1. The Bertz CT molecular complexity index is 1790. The zero-order valence-corrected chi connectivity index (χ0v) is 30.2. The highest BCUT2D eigenvalue weighted by Crippen LogP contribution is 2.44. The van der Waals surface area contributed by atoms with Gasteiger partial charge in [-0.05, 0) is 69.2 Å². The highest BCUT2D eigenvalue weighted by atomic mass is 32.1. The Morgan fingerprint density at radius 2 is 1.70 bits per heavy atom. The Hall–Kier alpha value is -4.34. The number of piperidine rings is 2. The minimum Gasteiger partial charge on any atom is -0.492 e. The van der Waals surface area contributed by atoms with Crippen LogP contribution >= 0.6 is 11.3 Å². The largest absolute Gasteiger partial charge is 0.492 e. The van der Waals surface area contributed by atoms with Gasteiger partial charge in [0.25, 0.3) is 11.8 Å². The molecule has 2 fully saturated rings. The van der Waals surface area contributed by atoms with Crippen molar-refractivity contribution in [3.63, 3.8) is 0 Å². The number of amides is 2. The van der Waals surface area contributed by atoms with Crippen molar-refractivity contribution >= 4 is 29.1 Å². The highest BCUT2D eigenvalue weighted by molar-refractivity contribution is 7.10. The molecule has 288 valence electrons. The molecule has 16 heteroatoms. The van der Waals surface area contributed by atoms with E-state index in [1.54, 1.807) is 37.8 Å². The van der Waals surface area contributed by atoms with Crippen LogP contribution in [0.1, 0.15) is 91.7 Å². The summed E-state index contributed by atoms with van der Waals surface area (Å²) in [7, 11) is 0. The van der Waals surface area contributed by atoms with Crippen LogP contribution in [0.25, 0.3) is 0 Å². The summed E-state index contributed by atoms with van der Waals surface area (Å²) in [5.41, 5.74) is -4.31. The van der Waals surface area contributed by atoms with Crippen molar-refractivity contribution in [3.05, 3.63) is 75.7 Å². The second-order valence-electron chi connectivity index (χ2n) is 14.0. The lowest BCUT2D eigenvalue weighted by Gasteiger charge is -2.50. The molecule has 3 aromatic rings. The van der Waals surface area contributed by atoms with Gasteiger partial charge in [0.1, 0.15) is 28.7 Å². The van der Waals surface area contributed by atoms with Crippen LogP contribution < -0.4 is 9.47 Å². The third-order valence-corrected chi connectivity index (χ3v) is 10.8. The lowest BCUT2D eigenvalue weighted by molar-refractivity contribution is -0.160. The smallest absolute Gasteiger partial charge is 0.425 e. The molecule has 5 rings (SSSR count). The Morgan fingerprint density at radius 1 is 1.00 bits per heavy atom. The quantitative estimate of drug-likeness (QED) is 0.196. The number of alkyl halides is 6. The monoisotopic (exact) mass is 769 g/mol. The molecule has 2 unspecified atom stereocenters. The molecule has 0 spiro atoms. The number of carboxylic acid groups (broad SMARTS) is 1. The summed E-state index contributed by atoms with van der Waals surface area (Å²) in [6.07, 6.45) is -7.01.